The molecule has 0 aliphatic heterocycles. The monoisotopic (exact) mass is 179 g/mol. The highest BCUT2D eigenvalue weighted by Crippen LogP contribution is 2.00. The van der Waals surface area contributed by atoms with Crippen molar-refractivity contribution >= 4 is 11.8 Å². The van der Waals surface area contributed by atoms with Crippen molar-refractivity contribution in [3.05, 3.63) is 35.9 Å². The van der Waals surface area contributed by atoms with E-state index >= 15 is 0 Å². The molecule has 3 nitrogen and oxygen atoms in total. The number of esters is 1. The number of carbonyl (C=O) groups is 2. The van der Waals surface area contributed by atoms with Crippen molar-refractivity contribution in [1.29, 1.82) is 0 Å². The third-order valence-electron chi connectivity index (χ3n) is 1.50. The minimum atomic E-state index is -0.788. The normalized spacial score (nSPS) is 9.31. The molecule has 0 saturated heterocycles. The lowest BCUT2D eigenvalue weighted by Gasteiger charge is -2.01. The summed E-state index contributed by atoms with van der Waals surface area (Å²) in [5, 5.41) is 0. The van der Waals surface area contributed by atoms with Crippen LogP contribution in [0.15, 0.2) is 30.3 Å². The van der Waals surface area contributed by atoms with E-state index in [9.17, 15) is 9.59 Å². The topological polar surface area (TPSA) is 43.4 Å². The smallest absolute Gasteiger partial charge is 0.374 e. The number of benzene rings is 1. The second-order valence-electron chi connectivity index (χ2n) is 2.62. The molecule has 0 bridgehead atoms. The molecule has 0 heterocycles. The maximum Gasteiger partial charge on any atom is 0.374 e. The summed E-state index contributed by atoms with van der Waals surface area (Å²) >= 11 is 0. The molecule has 0 spiro atoms. The van der Waals surface area contributed by atoms with Gasteiger partial charge in [0.15, 0.2) is 0 Å². The van der Waals surface area contributed by atoms with Gasteiger partial charge in [0.25, 0.3) is 0 Å². The fraction of sp³-hybridized carbons (Fsp3) is 0.200. The zero-order valence-corrected chi connectivity index (χ0v) is 7.32. The van der Waals surface area contributed by atoms with Gasteiger partial charge in [0, 0.05) is 6.92 Å². The van der Waals surface area contributed by atoms with Gasteiger partial charge >= 0.3 is 5.97 Å². The summed E-state index contributed by atoms with van der Waals surface area (Å²) in [4.78, 5) is 21.2. The van der Waals surface area contributed by atoms with Gasteiger partial charge in [-0.15, -0.1) is 0 Å². The largest absolute Gasteiger partial charge is 0.455 e. The van der Waals surface area contributed by atoms with E-state index in [4.69, 9.17) is 4.74 Å². The van der Waals surface area contributed by atoms with Gasteiger partial charge in [-0.25, -0.2) is 4.79 Å². The van der Waals surface area contributed by atoms with Crippen LogP contribution >= 0.6 is 0 Å². The maximum atomic E-state index is 10.7. The summed E-state index contributed by atoms with van der Waals surface area (Å²) < 4.78 is 4.70. The van der Waals surface area contributed by atoms with E-state index in [1.54, 1.807) is 0 Å². The first-order chi connectivity index (χ1) is 6.20. The minimum absolute atomic E-state index is 0.152. The van der Waals surface area contributed by atoms with E-state index in [0.717, 1.165) is 5.56 Å². The molecule has 0 aliphatic rings. The lowest BCUT2D eigenvalue weighted by Crippen LogP contribution is -2.13. The van der Waals surface area contributed by atoms with Gasteiger partial charge in [-0.3, -0.25) is 4.79 Å². The number of ketones is 1. The zero-order chi connectivity index (χ0) is 9.68. The molecule has 0 atom stereocenters. The Kier molecular flexibility index (Phi) is 3.20. The second kappa shape index (κ2) is 4.40. The lowest BCUT2D eigenvalue weighted by molar-refractivity contribution is -0.153. The summed E-state index contributed by atoms with van der Waals surface area (Å²) in [6.45, 7) is 1.34. The number of rotatable bonds is 3. The highest BCUT2D eigenvalue weighted by Gasteiger charge is 2.07. The van der Waals surface area contributed by atoms with Gasteiger partial charge in [0.1, 0.15) is 6.61 Å². The Morgan fingerprint density at radius 1 is 1.23 bits per heavy atom. The van der Waals surface area contributed by atoms with Crippen molar-refractivity contribution in [3.63, 3.8) is 0 Å². The Morgan fingerprint density at radius 3 is 2.38 bits per heavy atom. The molecule has 0 aromatic heterocycles. The van der Waals surface area contributed by atoms with Gasteiger partial charge in [-0.2, -0.15) is 0 Å². The lowest BCUT2D eigenvalue weighted by atomic mass is 10.2. The highest BCUT2D eigenvalue weighted by atomic mass is 16.5. The molecular weight excluding hydrogens is 169 g/mol. The van der Waals surface area contributed by atoms with Crippen molar-refractivity contribution in [2.24, 2.45) is 0 Å². The van der Waals surface area contributed by atoms with E-state index in [1.807, 2.05) is 30.3 Å². The molecule has 1 aromatic carbocycles. The van der Waals surface area contributed by atoms with Crippen LogP contribution in [-0.4, -0.2) is 11.8 Å². The van der Waals surface area contributed by atoms with Crippen molar-refractivity contribution in [1.82, 2.24) is 0 Å². The van der Waals surface area contributed by atoms with Crippen LogP contribution in [0.2, 0.25) is 0 Å². The van der Waals surface area contributed by atoms with Crippen LogP contribution in [-0.2, 0) is 20.9 Å². The molecular formula is C10H10O3. The standard InChI is InChI=1S/C10H10O3/c1-8(11)10(12)13-7-9-5-3-2-4-6-9/h2-6H,7H2,1H3/i8+1. The molecule has 1 aromatic rings. The fourth-order valence-electron chi connectivity index (χ4n) is 0.825. The van der Waals surface area contributed by atoms with E-state index in [-0.39, 0.29) is 6.61 Å². The van der Waals surface area contributed by atoms with Crippen LogP contribution in [0.4, 0.5) is 0 Å². The molecule has 0 N–H and O–H groups in total. The Balaban J connectivity index is 2.44. The minimum Gasteiger partial charge on any atom is -0.455 e. The van der Waals surface area contributed by atoms with Gasteiger partial charge < -0.3 is 4.74 Å². The average Bonchev–Trinajstić information content (AvgIpc) is 2.15. The van der Waals surface area contributed by atoms with Gasteiger partial charge in [0.05, 0.1) is 0 Å². The first-order valence-corrected chi connectivity index (χ1v) is 3.92. The SMILES string of the molecule is C[13C](=O)C(=O)OCc1ccccc1. The van der Waals surface area contributed by atoms with E-state index in [0.29, 0.717) is 0 Å². The van der Waals surface area contributed by atoms with Crippen LogP contribution in [0.5, 0.6) is 0 Å². The van der Waals surface area contributed by atoms with E-state index in [1.165, 1.54) is 6.92 Å². The molecule has 13 heavy (non-hydrogen) atoms. The first-order valence-electron chi connectivity index (χ1n) is 3.92. The van der Waals surface area contributed by atoms with Crippen LogP contribution in [0.3, 0.4) is 0 Å². The number of carbonyl (C=O) groups excluding carboxylic acids is 2. The number of hydrogen-bond donors (Lipinski definition) is 0. The molecule has 68 valence electrons. The van der Waals surface area contributed by atoms with Crippen molar-refractivity contribution in [3.8, 4) is 0 Å². The molecule has 3 heteroatoms. The second-order valence-corrected chi connectivity index (χ2v) is 2.62. The molecule has 1 rings (SSSR count). The van der Waals surface area contributed by atoms with Crippen LogP contribution < -0.4 is 0 Å². The van der Waals surface area contributed by atoms with Gasteiger partial charge in [0.2, 0.25) is 5.78 Å². The Morgan fingerprint density at radius 2 is 1.85 bits per heavy atom. The van der Waals surface area contributed by atoms with E-state index in [2.05, 4.69) is 0 Å². The van der Waals surface area contributed by atoms with Crippen LogP contribution in [0, 0.1) is 0 Å². The summed E-state index contributed by atoms with van der Waals surface area (Å²) in [5.41, 5.74) is 0.872. The quantitative estimate of drug-likeness (QED) is 0.399. The molecule has 0 aliphatic carbocycles. The maximum absolute atomic E-state index is 10.7. The van der Waals surface area contributed by atoms with Gasteiger partial charge in [-0.05, 0) is 5.56 Å². The molecule has 0 amide bonds. The number of ether oxygens (including phenoxy) is 1. The predicted molar refractivity (Wildman–Crippen MR) is 46.9 cm³/mol. The summed E-state index contributed by atoms with van der Waals surface area (Å²) in [6.07, 6.45) is 0. The third-order valence-corrected chi connectivity index (χ3v) is 1.50. The zero-order valence-electron chi connectivity index (χ0n) is 7.32. The van der Waals surface area contributed by atoms with Gasteiger partial charge in [-0.1, -0.05) is 30.3 Å². The third kappa shape index (κ3) is 3.07. The Hall–Kier alpha value is -1.64. The average molecular weight is 179 g/mol. The summed E-state index contributed by atoms with van der Waals surface area (Å²) in [6, 6.07) is 9.21. The number of Topliss-reactive ketones (excluding diaryl/α,β-unsaturated/α-hetero) is 1. The van der Waals surface area contributed by atoms with Crippen molar-refractivity contribution < 1.29 is 14.3 Å². The summed E-state index contributed by atoms with van der Waals surface area (Å²) in [7, 11) is 0. The van der Waals surface area contributed by atoms with Crippen molar-refractivity contribution in [2.75, 3.05) is 0 Å². The fourth-order valence-corrected chi connectivity index (χ4v) is 0.825. The van der Waals surface area contributed by atoms with Crippen LogP contribution in [0.1, 0.15) is 12.5 Å². The predicted octanol–water partition coefficient (Wildman–Crippen LogP) is 1.32. The Labute approximate surface area is 76.3 Å². The first kappa shape index (κ1) is 9.45. The molecule has 0 fully saturated rings. The summed E-state index contributed by atoms with van der Waals surface area (Å²) in [5.74, 6) is -1.36. The van der Waals surface area contributed by atoms with Crippen LogP contribution in [0.25, 0.3) is 0 Å². The highest BCUT2D eigenvalue weighted by molar-refractivity contribution is 6.32. The molecule has 0 radical (unpaired) electrons. The molecule has 0 saturated carbocycles. The number of hydrogen-bond acceptors (Lipinski definition) is 3. The Bertz CT molecular complexity index is 303. The van der Waals surface area contributed by atoms with Crippen molar-refractivity contribution in [2.45, 2.75) is 13.5 Å². The van der Waals surface area contributed by atoms with E-state index < -0.39 is 11.8 Å². The molecule has 0 unspecified atom stereocenters.